The van der Waals surface area contributed by atoms with Crippen molar-refractivity contribution in [3.05, 3.63) is 77.4 Å². The Hall–Kier alpha value is -3.49. The van der Waals surface area contributed by atoms with Gasteiger partial charge in [-0.05, 0) is 37.1 Å². The molecule has 0 saturated heterocycles. The topological polar surface area (TPSA) is 110 Å². The molecule has 8 heteroatoms. The third-order valence-electron chi connectivity index (χ3n) is 5.83. The summed E-state index contributed by atoms with van der Waals surface area (Å²) in [6.45, 7) is 3.89. The van der Waals surface area contributed by atoms with Gasteiger partial charge >= 0.3 is 11.9 Å². The Morgan fingerprint density at radius 3 is 2.27 bits per heavy atom. The van der Waals surface area contributed by atoms with Gasteiger partial charge in [0.15, 0.2) is 0 Å². The summed E-state index contributed by atoms with van der Waals surface area (Å²) < 4.78 is 0. The second-order valence-electron chi connectivity index (χ2n) is 7.89. The van der Waals surface area contributed by atoms with Crippen LogP contribution in [-0.2, 0) is 9.59 Å². The Morgan fingerprint density at radius 1 is 1.00 bits per heavy atom. The number of nitrogens with one attached hydrogen (secondary N) is 1. The normalized spacial score (nSPS) is 17.6. The number of benzene rings is 2. The van der Waals surface area contributed by atoms with Crippen molar-refractivity contribution >= 4 is 23.4 Å². The van der Waals surface area contributed by atoms with E-state index in [0.717, 1.165) is 50.1 Å². The quantitative estimate of drug-likeness (QED) is 0.579. The van der Waals surface area contributed by atoms with E-state index in [4.69, 9.17) is 19.8 Å². The summed E-state index contributed by atoms with van der Waals surface area (Å²) in [7, 11) is 1.92. The van der Waals surface area contributed by atoms with Crippen molar-refractivity contribution in [3.8, 4) is 0 Å². The molecule has 2 aromatic carbocycles. The lowest BCUT2D eigenvalue weighted by atomic mass is 9.99. The summed E-state index contributed by atoms with van der Waals surface area (Å²) in [6, 6.07) is 18.6. The van der Waals surface area contributed by atoms with E-state index in [2.05, 4.69) is 52.7 Å². The highest BCUT2D eigenvalue weighted by atomic mass is 16.4. The lowest BCUT2D eigenvalue weighted by molar-refractivity contribution is -0.159. The molecule has 2 aromatic rings. The molecule has 2 heterocycles. The third-order valence-corrected chi connectivity index (χ3v) is 5.83. The molecule has 2 aliphatic heterocycles. The van der Waals surface area contributed by atoms with E-state index in [9.17, 15) is 4.79 Å². The number of nitrogens with zero attached hydrogens (tertiary/aromatic N) is 2. The van der Waals surface area contributed by atoms with Crippen LogP contribution < -0.4 is 5.32 Å². The van der Waals surface area contributed by atoms with Crippen molar-refractivity contribution in [3.63, 3.8) is 0 Å². The molecule has 8 nitrogen and oxygen atoms in total. The zero-order valence-corrected chi connectivity index (χ0v) is 18.6. The number of fused-ring (bicyclic) bond motifs is 1. The molecule has 1 unspecified atom stereocenters. The number of aliphatic carboxylic acids is 2. The first kappa shape index (κ1) is 24.2. The number of hydrogen-bond donors (Lipinski definition) is 3. The van der Waals surface area contributed by atoms with Crippen molar-refractivity contribution in [2.45, 2.75) is 19.0 Å². The smallest absolute Gasteiger partial charge is 0.414 e. The maximum atomic E-state index is 12.7. The SMILES string of the molecule is CNC1c2ccccc2C(=O)N1CCCN1CC=C(c2ccccc2)CC1.O=C(O)C(=O)O. The number of hydrogen-bond acceptors (Lipinski definition) is 5. The van der Waals surface area contributed by atoms with Gasteiger partial charge in [-0.2, -0.15) is 0 Å². The van der Waals surface area contributed by atoms with E-state index in [1.165, 1.54) is 11.1 Å². The highest BCUT2D eigenvalue weighted by Gasteiger charge is 2.34. The molecule has 3 N–H and O–H groups in total. The minimum atomic E-state index is -1.82. The van der Waals surface area contributed by atoms with E-state index in [0.29, 0.717) is 0 Å². The van der Waals surface area contributed by atoms with E-state index < -0.39 is 11.9 Å². The van der Waals surface area contributed by atoms with Crippen LogP contribution in [0.5, 0.6) is 0 Å². The van der Waals surface area contributed by atoms with Crippen molar-refractivity contribution < 1.29 is 24.6 Å². The van der Waals surface area contributed by atoms with Crippen LogP contribution in [-0.4, -0.2) is 71.1 Å². The zero-order chi connectivity index (χ0) is 23.8. The zero-order valence-electron chi connectivity index (χ0n) is 18.6. The molecule has 0 saturated carbocycles. The summed E-state index contributed by atoms with van der Waals surface area (Å²) in [5.41, 5.74) is 4.73. The molecule has 0 aliphatic carbocycles. The lowest BCUT2D eigenvalue weighted by Gasteiger charge is -2.29. The molecule has 2 aliphatic rings. The maximum absolute atomic E-state index is 12.7. The van der Waals surface area contributed by atoms with E-state index in [1.54, 1.807) is 0 Å². The van der Waals surface area contributed by atoms with Crippen molar-refractivity contribution in [2.24, 2.45) is 0 Å². The number of amides is 1. The minimum absolute atomic E-state index is 0.000338. The highest BCUT2D eigenvalue weighted by molar-refractivity contribution is 6.27. The number of carbonyl (C=O) groups is 3. The first-order valence-electron chi connectivity index (χ1n) is 10.9. The third kappa shape index (κ3) is 6.06. The fourth-order valence-electron chi connectivity index (χ4n) is 4.21. The van der Waals surface area contributed by atoms with Crippen LogP contribution in [0.2, 0.25) is 0 Å². The maximum Gasteiger partial charge on any atom is 0.414 e. The van der Waals surface area contributed by atoms with Gasteiger partial charge in [-0.1, -0.05) is 54.6 Å². The molecule has 0 bridgehead atoms. The van der Waals surface area contributed by atoms with Crippen LogP contribution in [0.25, 0.3) is 5.57 Å². The summed E-state index contributed by atoms with van der Waals surface area (Å²) in [5.74, 6) is -3.50. The molecular formula is C25H29N3O5. The number of carboxylic acids is 2. The average Bonchev–Trinajstić information content (AvgIpc) is 3.11. The van der Waals surface area contributed by atoms with Gasteiger partial charge < -0.3 is 15.1 Å². The van der Waals surface area contributed by atoms with Gasteiger partial charge in [0.25, 0.3) is 5.91 Å². The fourth-order valence-corrected chi connectivity index (χ4v) is 4.21. The minimum Gasteiger partial charge on any atom is -0.473 e. The van der Waals surface area contributed by atoms with Crippen LogP contribution in [0.3, 0.4) is 0 Å². The molecule has 1 atom stereocenters. The monoisotopic (exact) mass is 451 g/mol. The van der Waals surface area contributed by atoms with Crippen molar-refractivity contribution in [1.29, 1.82) is 0 Å². The lowest BCUT2D eigenvalue weighted by Crippen LogP contribution is -2.37. The largest absolute Gasteiger partial charge is 0.473 e. The van der Waals surface area contributed by atoms with Crippen LogP contribution in [0.1, 0.15) is 40.5 Å². The second-order valence-corrected chi connectivity index (χ2v) is 7.89. The first-order chi connectivity index (χ1) is 15.9. The number of rotatable bonds is 6. The molecule has 0 aromatic heterocycles. The molecular weight excluding hydrogens is 422 g/mol. The molecule has 0 spiro atoms. The van der Waals surface area contributed by atoms with E-state index >= 15 is 0 Å². The first-order valence-corrected chi connectivity index (χ1v) is 10.9. The summed E-state index contributed by atoms with van der Waals surface area (Å²) in [6.07, 6.45) is 4.44. The average molecular weight is 452 g/mol. The molecule has 4 rings (SSSR count). The molecule has 0 radical (unpaired) electrons. The van der Waals surface area contributed by atoms with Gasteiger partial charge in [0.05, 0.1) is 0 Å². The second kappa shape index (κ2) is 11.4. The Bertz CT molecular complexity index is 1010. The Kier molecular flexibility index (Phi) is 8.34. The Balaban J connectivity index is 0.000000454. The predicted molar refractivity (Wildman–Crippen MR) is 125 cm³/mol. The highest BCUT2D eigenvalue weighted by Crippen LogP contribution is 2.31. The van der Waals surface area contributed by atoms with E-state index in [-0.39, 0.29) is 12.1 Å². The van der Waals surface area contributed by atoms with Gasteiger partial charge in [-0.25, -0.2) is 9.59 Å². The number of carbonyl (C=O) groups excluding carboxylic acids is 1. The van der Waals surface area contributed by atoms with Crippen LogP contribution in [0, 0.1) is 0 Å². The van der Waals surface area contributed by atoms with Gasteiger partial charge in [0.2, 0.25) is 0 Å². The Labute approximate surface area is 193 Å². The van der Waals surface area contributed by atoms with Gasteiger partial charge in [0.1, 0.15) is 6.17 Å². The summed E-state index contributed by atoms with van der Waals surface area (Å²) >= 11 is 0. The fraction of sp³-hybridized carbons (Fsp3) is 0.320. The van der Waals surface area contributed by atoms with Crippen LogP contribution >= 0.6 is 0 Å². The summed E-state index contributed by atoms with van der Waals surface area (Å²) in [5, 5.41) is 18.1. The predicted octanol–water partition coefficient (Wildman–Crippen LogP) is 2.70. The molecule has 174 valence electrons. The van der Waals surface area contributed by atoms with Gasteiger partial charge in [-0.15, -0.1) is 0 Å². The summed E-state index contributed by atoms with van der Waals surface area (Å²) in [4.78, 5) is 35.4. The van der Waals surface area contributed by atoms with E-state index in [1.807, 2.05) is 30.1 Å². The van der Waals surface area contributed by atoms with Crippen molar-refractivity contribution in [1.82, 2.24) is 15.1 Å². The van der Waals surface area contributed by atoms with Crippen molar-refractivity contribution in [2.75, 3.05) is 33.2 Å². The van der Waals surface area contributed by atoms with Gasteiger partial charge in [-0.3, -0.25) is 15.0 Å². The molecule has 1 amide bonds. The molecule has 0 fully saturated rings. The van der Waals surface area contributed by atoms with Crippen LogP contribution in [0.4, 0.5) is 0 Å². The molecule has 33 heavy (non-hydrogen) atoms. The standard InChI is InChI=1S/C23H27N3O.C2H2O4/c1-24-22-20-10-5-6-11-21(20)23(27)26(22)15-7-14-25-16-12-19(13-17-25)18-8-3-2-4-9-18;3-1(4)2(5)6/h2-6,8-12,22,24H,7,13-17H2,1H3;(H,3,4)(H,5,6). The number of carboxylic acid groups (broad SMARTS) is 2. The van der Waals surface area contributed by atoms with Crippen LogP contribution in [0.15, 0.2) is 60.7 Å². The van der Waals surface area contributed by atoms with Gasteiger partial charge in [0, 0.05) is 37.3 Å². The Morgan fingerprint density at radius 2 is 1.67 bits per heavy atom.